The van der Waals surface area contributed by atoms with Crippen molar-refractivity contribution in [3.8, 4) is 0 Å². The number of hydrogen-bond donors (Lipinski definition) is 1. The zero-order valence-electron chi connectivity index (χ0n) is 1.56. The molecular weight excluding hydrogens is 160 g/mol. The molecule has 0 aliphatic rings. The van der Waals surface area contributed by atoms with Crippen molar-refractivity contribution in [2.75, 3.05) is 0 Å². The van der Waals surface area contributed by atoms with E-state index in [0.717, 1.165) is 0 Å². The van der Waals surface area contributed by atoms with Crippen LogP contribution in [0.3, 0.4) is 0 Å². The van der Waals surface area contributed by atoms with Gasteiger partial charge in [-0.25, -0.2) is 0 Å². The maximum atomic E-state index is 7.38. The molecule has 0 saturated heterocycles. The monoisotopic (exact) mass is 161 g/mol. The maximum absolute atomic E-state index is 7.38. The molecule has 0 rings (SSSR count). The topological polar surface area (TPSA) is 20.2 Å². The van der Waals surface area contributed by atoms with Gasteiger partial charge < -0.3 is 0 Å². The van der Waals surface area contributed by atoms with Gasteiger partial charge in [0.1, 0.15) is 0 Å². The van der Waals surface area contributed by atoms with Crippen LogP contribution in [0.5, 0.6) is 0 Å². The van der Waals surface area contributed by atoms with E-state index in [1.165, 1.54) is 0 Å². The normalized spacial score (nSPS) is 4.25. The molecule has 0 bridgehead atoms. The van der Waals surface area contributed by atoms with Crippen molar-refractivity contribution in [3.63, 3.8) is 0 Å². The van der Waals surface area contributed by atoms with Crippen molar-refractivity contribution in [1.82, 2.24) is 0 Å². The van der Waals surface area contributed by atoms with Crippen molar-refractivity contribution in [2.24, 2.45) is 0 Å². The third-order valence-electron chi connectivity index (χ3n) is 0. The van der Waals surface area contributed by atoms with E-state index in [4.69, 9.17) is 4.19 Å². The molecule has 0 aromatic heterocycles. The van der Waals surface area contributed by atoms with Crippen molar-refractivity contribution >= 4 is 10.6 Å². The van der Waals surface area contributed by atoms with Crippen LogP contribution in [-0.2, 0) is 30.7 Å². The van der Waals surface area contributed by atoms with Gasteiger partial charge in [0, 0.05) is 17.1 Å². The van der Waals surface area contributed by atoms with E-state index in [1.54, 1.807) is 0 Å². The average molecular weight is 161 g/mol. The molecular formula is HFe2OS. The van der Waals surface area contributed by atoms with Crippen LogP contribution >= 0.6 is 10.6 Å². The first-order valence-corrected chi connectivity index (χ1v) is 2.44. The second-order valence-electron chi connectivity index (χ2n) is 0.0645. The Balaban J connectivity index is 0. The van der Waals surface area contributed by atoms with Crippen LogP contribution in [0.2, 0.25) is 0 Å². The van der Waals surface area contributed by atoms with Crippen LogP contribution in [0, 0.1) is 0 Å². The summed E-state index contributed by atoms with van der Waals surface area (Å²) in [6.45, 7) is 0. The Morgan fingerprint density at radius 3 is 1.75 bits per heavy atom. The summed E-state index contributed by atoms with van der Waals surface area (Å²) in [6.07, 6.45) is 0. The van der Waals surface area contributed by atoms with Gasteiger partial charge in [-0.15, -0.1) is 0 Å². The fourth-order valence-electron chi connectivity index (χ4n) is 0. The van der Waals surface area contributed by atoms with Crippen LogP contribution in [-0.4, -0.2) is 4.19 Å². The predicted octanol–water partition coefficient (Wildman–Crippen LogP) is 0.0862. The van der Waals surface area contributed by atoms with Crippen molar-refractivity contribution < 1.29 is 34.9 Å². The van der Waals surface area contributed by atoms with Gasteiger partial charge in [-0.3, -0.25) is 0 Å². The molecule has 0 amide bonds. The Kier molecular flexibility index (Phi) is 19.9. The summed E-state index contributed by atoms with van der Waals surface area (Å²) >= 11 is -0.167. The Hall–Kier alpha value is 1.22. The molecule has 0 saturated carbocycles. The molecule has 0 aliphatic heterocycles. The van der Waals surface area contributed by atoms with E-state index in [2.05, 4.69) is 10.6 Å². The van der Waals surface area contributed by atoms with E-state index in [-0.39, 0.29) is 30.7 Å². The fraction of sp³-hybridized carbons (Fsp3) is 0. The molecule has 4 heteroatoms. The molecule has 0 aromatic carbocycles. The van der Waals surface area contributed by atoms with Crippen LogP contribution < -0.4 is 0 Å². The summed E-state index contributed by atoms with van der Waals surface area (Å²) in [7, 11) is 3.95. The molecule has 0 atom stereocenters. The summed E-state index contributed by atoms with van der Waals surface area (Å²) in [5, 5.41) is 0. The SMILES string of the molecule is [Fe].[OH][Fe]=[S]. The molecule has 0 aromatic rings. The van der Waals surface area contributed by atoms with Crippen LogP contribution in [0.1, 0.15) is 0 Å². The minimum atomic E-state index is -0.167. The first kappa shape index (κ1) is 8.97. The summed E-state index contributed by atoms with van der Waals surface area (Å²) in [5.74, 6) is 0. The van der Waals surface area contributed by atoms with Gasteiger partial charge in [-0.05, 0) is 0 Å². The molecule has 1 nitrogen and oxygen atoms in total. The number of hydrogen-bond acceptors (Lipinski definition) is 1. The fourth-order valence-corrected chi connectivity index (χ4v) is 0. The van der Waals surface area contributed by atoms with Gasteiger partial charge in [-0.1, -0.05) is 0 Å². The van der Waals surface area contributed by atoms with E-state index in [1.807, 2.05) is 0 Å². The van der Waals surface area contributed by atoms with Gasteiger partial charge in [0.2, 0.25) is 0 Å². The van der Waals surface area contributed by atoms with Crippen LogP contribution in [0.25, 0.3) is 0 Å². The third-order valence-corrected chi connectivity index (χ3v) is 0. The predicted molar refractivity (Wildman–Crippen MR) is 9.81 cm³/mol. The molecule has 0 aliphatic carbocycles. The van der Waals surface area contributed by atoms with E-state index < -0.39 is 0 Å². The van der Waals surface area contributed by atoms with Crippen LogP contribution in [0.15, 0.2) is 0 Å². The van der Waals surface area contributed by atoms with Gasteiger partial charge in [-0.2, -0.15) is 0 Å². The molecule has 1 N–H and O–H groups in total. The second kappa shape index (κ2) is 8.88. The average Bonchev–Trinajstić information content (AvgIpc) is 0.918. The van der Waals surface area contributed by atoms with Crippen LogP contribution in [0.4, 0.5) is 0 Å². The van der Waals surface area contributed by atoms with E-state index >= 15 is 0 Å². The Morgan fingerprint density at radius 2 is 1.75 bits per heavy atom. The van der Waals surface area contributed by atoms with E-state index in [9.17, 15) is 0 Å². The molecule has 0 fully saturated rings. The van der Waals surface area contributed by atoms with Gasteiger partial charge in [0.05, 0.1) is 0 Å². The Morgan fingerprint density at radius 1 is 1.75 bits per heavy atom. The summed E-state index contributed by atoms with van der Waals surface area (Å²) < 4.78 is 7.38. The summed E-state index contributed by atoms with van der Waals surface area (Å²) in [4.78, 5) is 0. The molecule has 4 heavy (non-hydrogen) atoms. The summed E-state index contributed by atoms with van der Waals surface area (Å²) in [6, 6.07) is 0. The first-order valence-electron chi connectivity index (χ1n) is 0.302. The Bertz CT molecular complexity index is 13.5. The zero-order valence-corrected chi connectivity index (χ0v) is 4.59. The Labute approximate surface area is 45.6 Å². The quantitative estimate of drug-likeness (QED) is 0.507. The summed E-state index contributed by atoms with van der Waals surface area (Å²) in [5.41, 5.74) is 0. The number of rotatable bonds is 0. The molecule has 0 radical (unpaired) electrons. The molecule has 0 unspecified atom stereocenters. The van der Waals surface area contributed by atoms with Crippen molar-refractivity contribution in [1.29, 1.82) is 0 Å². The van der Waals surface area contributed by atoms with E-state index in [0.29, 0.717) is 0 Å². The second-order valence-corrected chi connectivity index (χ2v) is 0.798. The standard InChI is InChI=1S/2Fe.H2O.S/h;;1H2;/q;+1;;/p-1. The molecule has 29 valence electrons. The van der Waals surface area contributed by atoms with Gasteiger partial charge in [0.25, 0.3) is 0 Å². The zero-order chi connectivity index (χ0) is 2.71. The minimum absolute atomic E-state index is 0. The van der Waals surface area contributed by atoms with Gasteiger partial charge >= 0.3 is 28.4 Å². The van der Waals surface area contributed by atoms with Gasteiger partial charge in [0.15, 0.2) is 0 Å². The molecule has 0 spiro atoms. The van der Waals surface area contributed by atoms with Crippen molar-refractivity contribution in [3.05, 3.63) is 0 Å². The van der Waals surface area contributed by atoms with Crippen molar-refractivity contribution in [2.45, 2.75) is 0 Å². The third kappa shape index (κ3) is 10.7. The first-order chi connectivity index (χ1) is 1.41. The molecule has 0 heterocycles.